The lowest BCUT2D eigenvalue weighted by atomic mass is 10.2. The molecule has 0 saturated carbocycles. The molecule has 2 aromatic carbocycles. The summed E-state index contributed by atoms with van der Waals surface area (Å²) in [6, 6.07) is 16.2. The van der Waals surface area contributed by atoms with Gasteiger partial charge in [0.2, 0.25) is 0 Å². The topological polar surface area (TPSA) is 83.6 Å². The van der Waals surface area contributed by atoms with Crippen LogP contribution in [0.4, 0.5) is 15.4 Å². The van der Waals surface area contributed by atoms with Crippen LogP contribution < -0.4 is 10.6 Å². The van der Waals surface area contributed by atoms with Crippen LogP contribution >= 0.6 is 11.6 Å². The number of ether oxygens (including phenoxy) is 1. The highest BCUT2D eigenvalue weighted by Crippen LogP contribution is 2.16. The maximum atomic E-state index is 12.3. The fraction of sp³-hybridized carbons (Fsp3) is 0.227. The number of carbonyl (C=O) groups is 2. The first kappa shape index (κ1) is 21.4. The number of rotatable bonds is 6. The van der Waals surface area contributed by atoms with Crippen molar-refractivity contribution in [3.63, 3.8) is 0 Å². The van der Waals surface area contributed by atoms with E-state index in [0.717, 1.165) is 16.3 Å². The number of carbonyl (C=O) groups excluding carboxylic acids is 2. The minimum atomic E-state index is -0.630. The van der Waals surface area contributed by atoms with Crippen LogP contribution in [0.1, 0.15) is 12.5 Å². The number of pyridine rings is 1. The lowest BCUT2D eigenvalue weighted by Crippen LogP contribution is -2.44. The van der Waals surface area contributed by atoms with Crippen LogP contribution in [0.3, 0.4) is 0 Å². The van der Waals surface area contributed by atoms with Crippen molar-refractivity contribution in [2.75, 3.05) is 19.0 Å². The molecule has 3 rings (SSSR count). The van der Waals surface area contributed by atoms with Gasteiger partial charge in [-0.15, -0.1) is 0 Å². The number of aromatic nitrogens is 1. The zero-order chi connectivity index (χ0) is 21.5. The van der Waals surface area contributed by atoms with Crippen molar-refractivity contribution in [2.24, 2.45) is 0 Å². The molecule has 0 bridgehead atoms. The smallest absolute Gasteiger partial charge is 0.412 e. The van der Waals surface area contributed by atoms with Gasteiger partial charge in [0.1, 0.15) is 12.4 Å². The molecule has 0 aliphatic rings. The summed E-state index contributed by atoms with van der Waals surface area (Å²) in [6.07, 6.45) is 1.06. The number of hydrogen-bond acceptors (Lipinski definition) is 4. The fourth-order valence-electron chi connectivity index (χ4n) is 2.74. The summed E-state index contributed by atoms with van der Waals surface area (Å²) < 4.78 is 5.24. The average molecular weight is 427 g/mol. The second kappa shape index (κ2) is 9.93. The second-order valence-electron chi connectivity index (χ2n) is 6.85. The van der Waals surface area contributed by atoms with Crippen molar-refractivity contribution in [1.82, 2.24) is 15.2 Å². The summed E-state index contributed by atoms with van der Waals surface area (Å²) in [6.45, 7) is 2.14. The van der Waals surface area contributed by atoms with Gasteiger partial charge in [0.15, 0.2) is 0 Å². The Bertz CT molecular complexity index is 1040. The number of hydrogen-bond donors (Lipinski definition) is 2. The maximum absolute atomic E-state index is 12.3. The van der Waals surface area contributed by atoms with Crippen molar-refractivity contribution in [1.29, 1.82) is 0 Å². The van der Waals surface area contributed by atoms with Crippen LogP contribution in [0.5, 0.6) is 0 Å². The monoisotopic (exact) mass is 426 g/mol. The third-order valence-corrected chi connectivity index (χ3v) is 5.05. The van der Waals surface area contributed by atoms with Gasteiger partial charge < -0.3 is 15.0 Å². The molecule has 1 aromatic heterocycles. The largest absolute Gasteiger partial charge is 0.447 e. The van der Waals surface area contributed by atoms with Gasteiger partial charge in [0.25, 0.3) is 0 Å². The Morgan fingerprint density at radius 3 is 2.60 bits per heavy atom. The van der Waals surface area contributed by atoms with E-state index in [1.54, 1.807) is 32.3 Å². The normalized spacial score (nSPS) is 11.6. The van der Waals surface area contributed by atoms with E-state index in [2.05, 4.69) is 15.6 Å². The third kappa shape index (κ3) is 5.61. The van der Waals surface area contributed by atoms with Gasteiger partial charge in [-0.05, 0) is 30.0 Å². The first-order chi connectivity index (χ1) is 14.4. The highest BCUT2D eigenvalue weighted by molar-refractivity contribution is 6.31. The molecule has 0 unspecified atom stereocenters. The summed E-state index contributed by atoms with van der Waals surface area (Å²) in [5.41, 5.74) is 0.826. The molecule has 30 heavy (non-hydrogen) atoms. The Balaban J connectivity index is 1.46. The van der Waals surface area contributed by atoms with Crippen molar-refractivity contribution >= 4 is 40.3 Å². The van der Waals surface area contributed by atoms with Gasteiger partial charge in [-0.2, -0.15) is 0 Å². The van der Waals surface area contributed by atoms with Crippen molar-refractivity contribution in [2.45, 2.75) is 19.5 Å². The van der Waals surface area contributed by atoms with Gasteiger partial charge in [-0.3, -0.25) is 5.32 Å². The van der Waals surface area contributed by atoms with E-state index in [1.165, 1.54) is 4.90 Å². The molecule has 8 heteroatoms. The van der Waals surface area contributed by atoms with Gasteiger partial charge in [-0.25, -0.2) is 14.6 Å². The minimum Gasteiger partial charge on any atom is -0.447 e. The number of anilines is 1. The molecule has 7 nitrogen and oxygen atoms in total. The van der Waals surface area contributed by atoms with E-state index in [9.17, 15) is 9.59 Å². The SMILES string of the molecule is C[C@H](COC(=O)Nc1cc2ccccc2cn1)N(C)C(=O)NCc1ccccc1Cl. The molecule has 0 fully saturated rings. The summed E-state index contributed by atoms with van der Waals surface area (Å²) >= 11 is 6.10. The molecular formula is C22H23ClN4O3. The van der Waals surface area contributed by atoms with Gasteiger partial charge in [-0.1, -0.05) is 54.1 Å². The number of likely N-dealkylation sites (N-methyl/N-ethyl adjacent to an activating group) is 1. The van der Waals surface area contributed by atoms with Crippen LogP contribution in [0.2, 0.25) is 5.02 Å². The third-order valence-electron chi connectivity index (χ3n) is 4.69. The number of benzene rings is 2. The lowest BCUT2D eigenvalue weighted by molar-refractivity contribution is 0.123. The molecule has 0 aliphatic heterocycles. The number of urea groups is 1. The minimum absolute atomic E-state index is 0.0371. The molecule has 1 heterocycles. The Morgan fingerprint density at radius 1 is 1.13 bits per heavy atom. The Morgan fingerprint density at radius 2 is 1.83 bits per heavy atom. The maximum Gasteiger partial charge on any atom is 0.412 e. The molecule has 3 amide bonds. The predicted molar refractivity (Wildman–Crippen MR) is 118 cm³/mol. The highest BCUT2D eigenvalue weighted by atomic mass is 35.5. The summed E-state index contributed by atoms with van der Waals surface area (Å²) in [5.74, 6) is 0.400. The molecular weight excluding hydrogens is 404 g/mol. The summed E-state index contributed by atoms with van der Waals surface area (Å²) in [7, 11) is 1.64. The Kier molecular flexibility index (Phi) is 7.08. The van der Waals surface area contributed by atoms with Crippen LogP contribution in [0.25, 0.3) is 10.8 Å². The zero-order valence-electron chi connectivity index (χ0n) is 16.8. The molecule has 0 radical (unpaired) electrons. The molecule has 0 aliphatic carbocycles. The quantitative estimate of drug-likeness (QED) is 0.600. The van der Waals surface area contributed by atoms with E-state index < -0.39 is 6.09 Å². The van der Waals surface area contributed by atoms with Gasteiger partial charge in [0.05, 0.1) is 6.04 Å². The van der Waals surface area contributed by atoms with Gasteiger partial charge >= 0.3 is 12.1 Å². The first-order valence-electron chi connectivity index (χ1n) is 9.46. The van der Waals surface area contributed by atoms with Crippen LogP contribution in [0.15, 0.2) is 60.8 Å². The molecule has 0 spiro atoms. The number of nitrogens with one attached hydrogen (secondary N) is 2. The zero-order valence-corrected chi connectivity index (χ0v) is 17.5. The molecule has 3 aromatic rings. The number of halogens is 1. The van der Waals surface area contributed by atoms with E-state index in [0.29, 0.717) is 17.4 Å². The van der Waals surface area contributed by atoms with E-state index in [4.69, 9.17) is 16.3 Å². The van der Waals surface area contributed by atoms with Crippen LogP contribution in [-0.2, 0) is 11.3 Å². The summed E-state index contributed by atoms with van der Waals surface area (Å²) in [5, 5.41) is 7.94. The number of fused-ring (bicyclic) bond motifs is 1. The van der Waals surface area contributed by atoms with E-state index >= 15 is 0 Å². The summed E-state index contributed by atoms with van der Waals surface area (Å²) in [4.78, 5) is 30.1. The first-order valence-corrected chi connectivity index (χ1v) is 9.84. The lowest BCUT2D eigenvalue weighted by Gasteiger charge is -2.25. The Hall–Kier alpha value is -3.32. The van der Waals surface area contributed by atoms with Crippen molar-refractivity contribution < 1.29 is 14.3 Å². The number of nitrogens with zero attached hydrogens (tertiary/aromatic N) is 2. The molecule has 1 atom stereocenters. The second-order valence-corrected chi connectivity index (χ2v) is 7.26. The van der Waals surface area contributed by atoms with E-state index in [-0.39, 0.29) is 18.7 Å². The highest BCUT2D eigenvalue weighted by Gasteiger charge is 2.18. The van der Waals surface area contributed by atoms with Crippen molar-refractivity contribution in [3.05, 3.63) is 71.4 Å². The average Bonchev–Trinajstić information content (AvgIpc) is 2.76. The molecule has 156 valence electrons. The standard InChI is InChI=1S/C22H23ClN4O3/c1-15(27(2)21(28)25-13-18-9-5-6-10-19(18)23)14-30-22(29)26-20-11-16-7-3-4-8-17(16)12-24-20/h3-12,15H,13-14H2,1-2H3,(H,25,28)(H,24,26,29)/t15-/m1/s1. The molecule has 2 N–H and O–H groups in total. The Labute approximate surface area is 180 Å². The van der Waals surface area contributed by atoms with Gasteiger partial charge in [0, 0.05) is 30.2 Å². The predicted octanol–water partition coefficient (Wildman–Crippen LogP) is 4.67. The van der Waals surface area contributed by atoms with Crippen LogP contribution in [-0.4, -0.2) is 41.7 Å². The molecule has 0 saturated heterocycles. The fourth-order valence-corrected chi connectivity index (χ4v) is 2.94. The van der Waals surface area contributed by atoms with Crippen molar-refractivity contribution in [3.8, 4) is 0 Å². The van der Waals surface area contributed by atoms with E-state index in [1.807, 2.05) is 42.5 Å². The number of amides is 3. The van der Waals surface area contributed by atoms with Crippen LogP contribution in [0, 0.1) is 0 Å².